The van der Waals surface area contributed by atoms with E-state index in [9.17, 15) is 0 Å². The van der Waals surface area contributed by atoms with Crippen molar-refractivity contribution in [2.45, 2.75) is 27.3 Å². The molecule has 1 aromatic heterocycles. The molecule has 0 saturated carbocycles. The van der Waals surface area contributed by atoms with Gasteiger partial charge in [-0.1, -0.05) is 38.1 Å². The van der Waals surface area contributed by atoms with Crippen molar-refractivity contribution in [1.82, 2.24) is 4.57 Å². The molecular weight excluding hydrogens is 284 g/mol. The number of nitrogens with one attached hydrogen (secondary N) is 2. The summed E-state index contributed by atoms with van der Waals surface area (Å²) in [7, 11) is 0. The maximum atomic E-state index is 7.61. The predicted octanol–water partition coefficient (Wildman–Crippen LogP) is 5.38. The number of benzene rings is 2. The zero-order valence-electron chi connectivity index (χ0n) is 13.8. The van der Waals surface area contributed by atoms with E-state index in [2.05, 4.69) is 47.1 Å². The van der Waals surface area contributed by atoms with Crippen molar-refractivity contribution in [3.8, 4) is 0 Å². The SMILES string of the molecule is CC.Cc1ccccc1Cn1ccc2cc(C(=N)N=N)ccc21. The van der Waals surface area contributed by atoms with E-state index in [-0.39, 0.29) is 5.84 Å². The monoisotopic (exact) mass is 306 g/mol. The van der Waals surface area contributed by atoms with Crippen molar-refractivity contribution in [2.75, 3.05) is 0 Å². The number of amidine groups is 1. The number of hydrogen-bond donors (Lipinski definition) is 2. The Kier molecular flexibility index (Phi) is 5.41. The van der Waals surface area contributed by atoms with Gasteiger partial charge >= 0.3 is 0 Å². The summed E-state index contributed by atoms with van der Waals surface area (Å²) in [4.78, 5) is 0. The molecule has 2 N–H and O–H groups in total. The normalized spacial score (nSPS) is 10.0. The van der Waals surface area contributed by atoms with Crippen LogP contribution in [0.25, 0.3) is 10.9 Å². The van der Waals surface area contributed by atoms with E-state index >= 15 is 0 Å². The molecule has 3 aromatic rings. The van der Waals surface area contributed by atoms with Gasteiger partial charge in [0.05, 0.1) is 0 Å². The first kappa shape index (κ1) is 16.6. The first-order valence-corrected chi connectivity index (χ1v) is 7.79. The highest BCUT2D eigenvalue weighted by Gasteiger charge is 2.06. The molecule has 118 valence electrons. The van der Waals surface area contributed by atoms with Crippen molar-refractivity contribution in [3.05, 3.63) is 71.4 Å². The highest BCUT2D eigenvalue weighted by atomic mass is 15.0. The molecule has 0 atom stereocenters. The van der Waals surface area contributed by atoms with Crippen LogP contribution in [0.5, 0.6) is 0 Å². The average molecular weight is 306 g/mol. The summed E-state index contributed by atoms with van der Waals surface area (Å²) in [5, 5.41) is 11.8. The third-order valence-corrected chi connectivity index (χ3v) is 3.76. The standard InChI is InChI=1S/C17H16N4.C2H6/c1-12-4-2-3-5-15(12)11-21-9-8-13-10-14(17(18)20-19)6-7-16(13)21;1-2/h2-10,18-19H,11H2,1H3;1-2H3. The van der Waals surface area contributed by atoms with Crippen LogP contribution < -0.4 is 0 Å². The van der Waals surface area contributed by atoms with Crippen LogP contribution in [0.4, 0.5) is 0 Å². The molecule has 0 radical (unpaired) electrons. The van der Waals surface area contributed by atoms with Gasteiger partial charge in [-0.3, -0.25) is 5.41 Å². The Morgan fingerprint density at radius 3 is 2.52 bits per heavy atom. The van der Waals surface area contributed by atoms with E-state index in [1.165, 1.54) is 11.1 Å². The van der Waals surface area contributed by atoms with Crippen LogP contribution in [0.1, 0.15) is 30.5 Å². The van der Waals surface area contributed by atoms with Crippen LogP contribution in [0.3, 0.4) is 0 Å². The Labute approximate surface area is 136 Å². The lowest BCUT2D eigenvalue weighted by Crippen LogP contribution is -2.00. The summed E-state index contributed by atoms with van der Waals surface area (Å²) in [5.74, 6) is -0.0106. The number of nitrogens with zero attached hydrogens (tertiary/aromatic N) is 2. The summed E-state index contributed by atoms with van der Waals surface area (Å²) >= 11 is 0. The Morgan fingerprint density at radius 1 is 1.09 bits per heavy atom. The fourth-order valence-corrected chi connectivity index (χ4v) is 2.52. The maximum absolute atomic E-state index is 7.61. The molecule has 4 heteroatoms. The van der Waals surface area contributed by atoms with E-state index in [0.717, 1.165) is 17.4 Å². The zero-order valence-corrected chi connectivity index (χ0v) is 13.8. The Bertz CT molecular complexity index is 830. The van der Waals surface area contributed by atoms with Gasteiger partial charge in [0.1, 0.15) is 0 Å². The predicted molar refractivity (Wildman–Crippen MR) is 95.5 cm³/mol. The summed E-state index contributed by atoms with van der Waals surface area (Å²) in [6, 6.07) is 16.1. The topological polar surface area (TPSA) is 65.0 Å². The molecule has 0 saturated heterocycles. The van der Waals surface area contributed by atoms with Gasteiger partial charge in [-0.25, -0.2) is 5.53 Å². The molecule has 0 aliphatic heterocycles. The molecule has 2 aromatic carbocycles. The fourth-order valence-electron chi connectivity index (χ4n) is 2.52. The number of rotatable bonds is 3. The van der Waals surface area contributed by atoms with Crippen LogP contribution in [0, 0.1) is 17.9 Å². The van der Waals surface area contributed by atoms with E-state index in [4.69, 9.17) is 10.9 Å². The van der Waals surface area contributed by atoms with Crippen molar-refractivity contribution in [2.24, 2.45) is 5.11 Å². The van der Waals surface area contributed by atoms with Gasteiger partial charge in [0.15, 0.2) is 5.84 Å². The van der Waals surface area contributed by atoms with Crippen LogP contribution >= 0.6 is 0 Å². The molecule has 1 heterocycles. The zero-order chi connectivity index (χ0) is 16.8. The van der Waals surface area contributed by atoms with Gasteiger partial charge in [0, 0.05) is 29.2 Å². The van der Waals surface area contributed by atoms with Crippen molar-refractivity contribution in [1.29, 1.82) is 10.9 Å². The number of aromatic nitrogens is 1. The Morgan fingerprint density at radius 2 is 1.83 bits per heavy atom. The molecule has 3 rings (SSSR count). The molecule has 0 aliphatic carbocycles. The van der Waals surface area contributed by atoms with Gasteiger partial charge in [0.2, 0.25) is 0 Å². The second-order valence-electron chi connectivity index (χ2n) is 5.10. The fraction of sp³-hybridized carbons (Fsp3) is 0.211. The minimum Gasteiger partial charge on any atom is -0.343 e. The van der Waals surface area contributed by atoms with E-state index in [0.29, 0.717) is 5.56 Å². The van der Waals surface area contributed by atoms with E-state index < -0.39 is 0 Å². The van der Waals surface area contributed by atoms with Gasteiger partial charge < -0.3 is 4.57 Å². The highest BCUT2D eigenvalue weighted by Crippen LogP contribution is 2.20. The number of hydrogen-bond acceptors (Lipinski definition) is 2. The maximum Gasteiger partial charge on any atom is 0.173 e. The molecule has 0 fully saturated rings. The summed E-state index contributed by atoms with van der Waals surface area (Å²) in [6.45, 7) is 6.95. The van der Waals surface area contributed by atoms with E-state index in [1.54, 1.807) is 0 Å². The summed E-state index contributed by atoms with van der Waals surface area (Å²) in [5.41, 5.74) is 11.3. The molecule has 4 nitrogen and oxygen atoms in total. The first-order chi connectivity index (χ1) is 11.2. The van der Waals surface area contributed by atoms with Crippen LogP contribution in [-0.2, 0) is 6.54 Å². The van der Waals surface area contributed by atoms with Gasteiger partial charge in [0.25, 0.3) is 0 Å². The van der Waals surface area contributed by atoms with Gasteiger partial charge in [-0.2, -0.15) is 0 Å². The minimum absolute atomic E-state index is 0.0106. The molecule has 0 amide bonds. The van der Waals surface area contributed by atoms with Gasteiger partial charge in [-0.05, 0) is 42.3 Å². The van der Waals surface area contributed by atoms with Crippen molar-refractivity contribution < 1.29 is 0 Å². The first-order valence-electron chi connectivity index (χ1n) is 7.79. The highest BCUT2D eigenvalue weighted by molar-refractivity contribution is 5.99. The molecule has 0 spiro atoms. The van der Waals surface area contributed by atoms with Crippen LogP contribution in [-0.4, -0.2) is 10.4 Å². The number of aryl methyl sites for hydroxylation is 1. The summed E-state index contributed by atoms with van der Waals surface area (Å²) in [6.07, 6.45) is 2.06. The lowest BCUT2D eigenvalue weighted by molar-refractivity contribution is 0.830. The van der Waals surface area contributed by atoms with Gasteiger partial charge in [-0.15, -0.1) is 5.11 Å². The second kappa shape index (κ2) is 7.49. The summed E-state index contributed by atoms with van der Waals surface area (Å²) < 4.78 is 2.20. The molecule has 23 heavy (non-hydrogen) atoms. The number of fused-ring (bicyclic) bond motifs is 1. The largest absolute Gasteiger partial charge is 0.343 e. The van der Waals surface area contributed by atoms with Crippen LogP contribution in [0.15, 0.2) is 59.8 Å². The molecular formula is C19H22N4. The van der Waals surface area contributed by atoms with E-state index in [1.807, 2.05) is 38.1 Å². The molecule has 0 unspecified atom stereocenters. The molecule has 0 aliphatic rings. The van der Waals surface area contributed by atoms with Crippen LogP contribution in [0.2, 0.25) is 0 Å². The second-order valence-corrected chi connectivity index (χ2v) is 5.10. The van der Waals surface area contributed by atoms with Crippen molar-refractivity contribution in [3.63, 3.8) is 0 Å². The third kappa shape index (κ3) is 3.54. The lowest BCUT2D eigenvalue weighted by Gasteiger charge is -2.09. The molecule has 0 bridgehead atoms. The third-order valence-electron chi connectivity index (χ3n) is 3.76. The smallest absolute Gasteiger partial charge is 0.173 e. The van der Waals surface area contributed by atoms with Crippen molar-refractivity contribution >= 4 is 16.7 Å². The quantitative estimate of drug-likeness (QED) is 0.370. The average Bonchev–Trinajstić information content (AvgIpc) is 3.00. The Balaban J connectivity index is 0.000000924. The minimum atomic E-state index is -0.0106. The lowest BCUT2D eigenvalue weighted by atomic mass is 10.1. The Hall–Kier alpha value is -2.75.